The highest BCUT2D eigenvalue weighted by molar-refractivity contribution is 5.84. The van der Waals surface area contributed by atoms with E-state index in [2.05, 4.69) is 4.98 Å². The van der Waals surface area contributed by atoms with E-state index in [0.29, 0.717) is 0 Å². The minimum atomic E-state index is 0.769. The van der Waals surface area contributed by atoms with Gasteiger partial charge in [-0.3, -0.25) is 4.79 Å². The van der Waals surface area contributed by atoms with Crippen molar-refractivity contribution in [2.45, 2.75) is 0 Å². The molecule has 1 heterocycles. The first-order valence-corrected chi connectivity index (χ1v) is 4.10. The minimum absolute atomic E-state index is 0.769. The second kappa shape index (κ2) is 3.27. The third-order valence-corrected chi connectivity index (χ3v) is 1.91. The number of aromatic nitrogens is 1. The summed E-state index contributed by atoms with van der Waals surface area (Å²) in [5, 5.41) is 1.16. The van der Waals surface area contributed by atoms with Gasteiger partial charge in [-0.05, 0) is 29.7 Å². The molecule has 13 heavy (non-hydrogen) atoms. The van der Waals surface area contributed by atoms with Crippen LogP contribution in [0.2, 0.25) is 0 Å². The van der Waals surface area contributed by atoms with Crippen molar-refractivity contribution in [3.63, 3.8) is 0 Å². The van der Waals surface area contributed by atoms with Gasteiger partial charge in [0.05, 0.1) is 0 Å². The van der Waals surface area contributed by atoms with E-state index in [1.165, 1.54) is 6.08 Å². The molecule has 0 amide bonds. The zero-order valence-electron chi connectivity index (χ0n) is 7.03. The van der Waals surface area contributed by atoms with Crippen molar-refractivity contribution in [1.29, 1.82) is 0 Å². The number of H-pyrrole nitrogens is 1. The van der Waals surface area contributed by atoms with E-state index in [4.69, 9.17) is 0 Å². The number of aromatic amines is 1. The fraction of sp³-hybridized carbons (Fsp3) is 0. The van der Waals surface area contributed by atoms with Gasteiger partial charge < -0.3 is 4.98 Å². The van der Waals surface area contributed by atoms with Crippen LogP contribution in [0.3, 0.4) is 0 Å². The molecule has 0 aliphatic rings. The summed E-state index contributed by atoms with van der Waals surface area (Å²) in [7, 11) is 0. The molecule has 1 aromatic heterocycles. The van der Waals surface area contributed by atoms with Crippen LogP contribution in [0.15, 0.2) is 36.4 Å². The molecule has 0 radical (unpaired) electrons. The molecule has 1 aromatic carbocycles. The lowest BCUT2D eigenvalue weighted by molar-refractivity contribution is -0.104. The summed E-state index contributed by atoms with van der Waals surface area (Å²) < 4.78 is 0. The highest BCUT2D eigenvalue weighted by atomic mass is 16.1. The highest BCUT2D eigenvalue weighted by Gasteiger charge is 1.94. The summed E-state index contributed by atoms with van der Waals surface area (Å²) in [4.78, 5) is 13.3. The number of benzene rings is 1. The van der Waals surface area contributed by atoms with E-state index >= 15 is 0 Å². The van der Waals surface area contributed by atoms with Crippen LogP contribution in [0, 0.1) is 0 Å². The van der Waals surface area contributed by atoms with Gasteiger partial charge in [-0.2, -0.15) is 0 Å². The van der Waals surface area contributed by atoms with Gasteiger partial charge in [-0.25, -0.2) is 0 Å². The van der Waals surface area contributed by atoms with Crippen LogP contribution in [0.4, 0.5) is 0 Å². The summed E-state index contributed by atoms with van der Waals surface area (Å²) >= 11 is 0. The Bertz CT molecular complexity index is 421. The zero-order valence-corrected chi connectivity index (χ0v) is 7.03. The summed E-state index contributed by atoms with van der Waals surface area (Å²) in [6.45, 7) is 0. The van der Waals surface area contributed by atoms with Gasteiger partial charge in [0.25, 0.3) is 0 Å². The van der Waals surface area contributed by atoms with Crippen molar-refractivity contribution in [3.05, 3.63) is 42.1 Å². The van der Waals surface area contributed by atoms with E-state index < -0.39 is 0 Å². The maximum atomic E-state index is 10.1. The number of hydrogen-bond acceptors (Lipinski definition) is 1. The van der Waals surface area contributed by atoms with Crippen LogP contribution in [-0.2, 0) is 4.79 Å². The average molecular weight is 171 g/mol. The Morgan fingerprint density at radius 3 is 2.85 bits per heavy atom. The van der Waals surface area contributed by atoms with Crippen molar-refractivity contribution in [2.24, 2.45) is 0 Å². The van der Waals surface area contributed by atoms with Gasteiger partial charge in [0.15, 0.2) is 0 Å². The second-order valence-electron chi connectivity index (χ2n) is 2.81. The molecule has 2 nitrogen and oxygen atoms in total. The van der Waals surface area contributed by atoms with E-state index in [1.807, 2.05) is 30.3 Å². The molecule has 0 atom stereocenters. The van der Waals surface area contributed by atoms with E-state index in [-0.39, 0.29) is 0 Å². The van der Waals surface area contributed by atoms with Crippen LogP contribution in [0.25, 0.3) is 17.0 Å². The largest absolute Gasteiger partial charge is 0.355 e. The Balaban J connectivity index is 2.49. The number of carbonyl (C=O) groups is 1. The summed E-state index contributed by atoms with van der Waals surface area (Å²) in [6, 6.07) is 10.0. The zero-order chi connectivity index (χ0) is 9.10. The summed E-state index contributed by atoms with van der Waals surface area (Å²) in [6.07, 6.45) is 4.00. The van der Waals surface area contributed by atoms with Crippen LogP contribution < -0.4 is 0 Å². The van der Waals surface area contributed by atoms with Crippen LogP contribution in [0.5, 0.6) is 0 Å². The highest BCUT2D eigenvalue weighted by Crippen LogP contribution is 2.14. The number of aldehydes is 1. The average Bonchev–Trinajstić information content (AvgIpc) is 2.57. The fourth-order valence-corrected chi connectivity index (χ4v) is 1.33. The molecular weight excluding hydrogens is 162 g/mol. The number of carbonyl (C=O) groups excluding carboxylic acids is 1. The Labute approximate surface area is 75.9 Å². The monoisotopic (exact) mass is 171 g/mol. The molecule has 1 N–H and O–H groups in total. The molecule has 0 saturated heterocycles. The van der Waals surface area contributed by atoms with Crippen molar-refractivity contribution >= 4 is 23.3 Å². The number of fused-ring (bicyclic) bond motifs is 1. The number of nitrogens with one attached hydrogen (secondary N) is 1. The molecule has 0 bridgehead atoms. The van der Waals surface area contributed by atoms with Crippen LogP contribution in [-0.4, -0.2) is 11.3 Å². The molecule has 0 spiro atoms. The number of hydrogen-bond donors (Lipinski definition) is 1. The Morgan fingerprint density at radius 2 is 2.08 bits per heavy atom. The van der Waals surface area contributed by atoms with Crippen molar-refractivity contribution in [2.75, 3.05) is 0 Å². The number of para-hydroxylation sites is 1. The van der Waals surface area contributed by atoms with E-state index in [1.54, 1.807) is 6.08 Å². The van der Waals surface area contributed by atoms with Crippen molar-refractivity contribution in [1.82, 2.24) is 4.98 Å². The first kappa shape index (κ1) is 7.80. The predicted octanol–water partition coefficient (Wildman–Crippen LogP) is 2.38. The minimum Gasteiger partial charge on any atom is -0.355 e. The molecule has 2 aromatic rings. The van der Waals surface area contributed by atoms with E-state index in [0.717, 1.165) is 22.9 Å². The topological polar surface area (TPSA) is 32.9 Å². The lowest BCUT2D eigenvalue weighted by Crippen LogP contribution is -1.68. The summed E-state index contributed by atoms with van der Waals surface area (Å²) in [5.74, 6) is 0. The molecule has 2 rings (SSSR count). The number of allylic oxidation sites excluding steroid dienone is 1. The first-order valence-electron chi connectivity index (χ1n) is 4.10. The molecule has 2 heteroatoms. The fourth-order valence-electron chi connectivity index (χ4n) is 1.33. The third-order valence-electron chi connectivity index (χ3n) is 1.91. The Kier molecular flexibility index (Phi) is 1.96. The predicted molar refractivity (Wildman–Crippen MR) is 53.4 cm³/mol. The van der Waals surface area contributed by atoms with Gasteiger partial charge in [-0.1, -0.05) is 18.2 Å². The van der Waals surface area contributed by atoms with Gasteiger partial charge in [0, 0.05) is 11.2 Å². The normalized spacial score (nSPS) is 11.1. The van der Waals surface area contributed by atoms with Gasteiger partial charge in [0.2, 0.25) is 0 Å². The van der Waals surface area contributed by atoms with E-state index in [9.17, 15) is 4.79 Å². The van der Waals surface area contributed by atoms with Crippen molar-refractivity contribution in [3.8, 4) is 0 Å². The Morgan fingerprint density at radius 1 is 1.23 bits per heavy atom. The van der Waals surface area contributed by atoms with Crippen LogP contribution >= 0.6 is 0 Å². The quantitative estimate of drug-likeness (QED) is 0.546. The molecular formula is C11H9NO. The Hall–Kier alpha value is -1.83. The molecule has 64 valence electrons. The lowest BCUT2D eigenvalue weighted by Gasteiger charge is -1.84. The molecule has 0 unspecified atom stereocenters. The molecule has 0 fully saturated rings. The molecule has 0 saturated carbocycles. The third kappa shape index (κ3) is 1.51. The maximum Gasteiger partial charge on any atom is 0.142 e. The lowest BCUT2D eigenvalue weighted by atomic mass is 10.2. The number of rotatable bonds is 2. The first-order chi connectivity index (χ1) is 6.40. The van der Waals surface area contributed by atoms with Crippen molar-refractivity contribution < 1.29 is 4.79 Å². The van der Waals surface area contributed by atoms with Gasteiger partial charge in [-0.15, -0.1) is 0 Å². The smallest absolute Gasteiger partial charge is 0.142 e. The maximum absolute atomic E-state index is 10.1. The summed E-state index contributed by atoms with van der Waals surface area (Å²) in [5.41, 5.74) is 2.04. The van der Waals surface area contributed by atoms with Crippen LogP contribution in [0.1, 0.15) is 5.69 Å². The van der Waals surface area contributed by atoms with Gasteiger partial charge >= 0.3 is 0 Å². The second-order valence-corrected chi connectivity index (χ2v) is 2.81. The van der Waals surface area contributed by atoms with Gasteiger partial charge in [0.1, 0.15) is 6.29 Å². The molecule has 0 aliphatic carbocycles. The SMILES string of the molecule is O=CC=Cc1cc2ccccc2[nH]1. The molecule has 0 aliphatic heterocycles. The standard InChI is InChI=1S/C11H9NO/c13-7-3-5-10-8-9-4-1-2-6-11(9)12-10/h1-8,12H.